The van der Waals surface area contributed by atoms with Gasteiger partial charge in [-0.1, -0.05) is 13.8 Å². The Bertz CT molecular complexity index is 339. The summed E-state index contributed by atoms with van der Waals surface area (Å²) in [4.78, 5) is 14.4. The van der Waals surface area contributed by atoms with E-state index in [2.05, 4.69) is 37.7 Å². The van der Waals surface area contributed by atoms with Crippen molar-refractivity contribution in [2.24, 2.45) is 21.8 Å². The molecule has 0 bridgehead atoms. The molecular formula is C16H30N4. The maximum Gasteiger partial charge on any atom is 0.0584 e. The highest BCUT2D eigenvalue weighted by Gasteiger charge is 2.20. The van der Waals surface area contributed by atoms with Gasteiger partial charge in [0, 0.05) is 49.4 Å². The highest BCUT2D eigenvalue weighted by Crippen LogP contribution is 2.13. The maximum atomic E-state index is 4.80. The summed E-state index contributed by atoms with van der Waals surface area (Å²) in [6.45, 7) is 10.9. The lowest BCUT2D eigenvalue weighted by Crippen LogP contribution is -2.37. The second-order valence-corrected chi connectivity index (χ2v) is 6.57. The third kappa shape index (κ3) is 4.38. The van der Waals surface area contributed by atoms with E-state index < -0.39 is 0 Å². The van der Waals surface area contributed by atoms with E-state index in [1.807, 2.05) is 0 Å². The van der Waals surface area contributed by atoms with Crippen molar-refractivity contribution in [3.8, 4) is 0 Å². The molecule has 2 rings (SSSR count). The van der Waals surface area contributed by atoms with Crippen molar-refractivity contribution in [2.75, 3.05) is 53.4 Å². The fourth-order valence-electron chi connectivity index (χ4n) is 3.29. The lowest BCUT2D eigenvalue weighted by atomic mass is 9.97. The maximum absolute atomic E-state index is 4.80. The van der Waals surface area contributed by atoms with Crippen LogP contribution in [0.15, 0.2) is 9.98 Å². The van der Waals surface area contributed by atoms with Gasteiger partial charge in [0.1, 0.15) is 0 Å². The van der Waals surface area contributed by atoms with E-state index in [-0.39, 0.29) is 0 Å². The predicted molar refractivity (Wildman–Crippen MR) is 87.2 cm³/mol. The Morgan fingerprint density at radius 2 is 1.25 bits per heavy atom. The van der Waals surface area contributed by atoms with Crippen LogP contribution < -0.4 is 0 Å². The van der Waals surface area contributed by atoms with Crippen molar-refractivity contribution in [3.63, 3.8) is 0 Å². The molecule has 0 spiro atoms. The van der Waals surface area contributed by atoms with E-state index in [9.17, 15) is 0 Å². The summed E-state index contributed by atoms with van der Waals surface area (Å²) in [7, 11) is 4.39. The smallest absolute Gasteiger partial charge is 0.0584 e. The molecule has 2 atom stereocenters. The number of hydrogen-bond donors (Lipinski definition) is 0. The third-order valence-corrected chi connectivity index (χ3v) is 4.54. The Hall–Kier alpha value is -0.740. The first-order valence-corrected chi connectivity index (χ1v) is 7.99. The molecule has 2 fully saturated rings. The van der Waals surface area contributed by atoms with Crippen LogP contribution in [0.4, 0.5) is 0 Å². The largest absolute Gasteiger partial charge is 0.305 e. The Labute approximate surface area is 124 Å². The van der Waals surface area contributed by atoms with Gasteiger partial charge >= 0.3 is 0 Å². The van der Waals surface area contributed by atoms with Gasteiger partial charge in [0.15, 0.2) is 0 Å². The predicted octanol–water partition coefficient (Wildman–Crippen LogP) is 1.81. The van der Waals surface area contributed by atoms with Crippen LogP contribution in [0.3, 0.4) is 0 Å². The number of rotatable bonds is 3. The highest BCUT2D eigenvalue weighted by molar-refractivity contribution is 5.88. The first-order chi connectivity index (χ1) is 9.56. The standard InChI is InChI=1S/C16H30N4/c1-13-11-19(3)9-5-15(13)17-7-8-18-16-6-10-20(4)12-14(16)2/h13-14H,5-12H2,1-4H3. The number of nitrogens with zero attached hydrogens (tertiary/aromatic N) is 4. The highest BCUT2D eigenvalue weighted by atomic mass is 15.1. The minimum absolute atomic E-state index is 0.614. The fourth-order valence-corrected chi connectivity index (χ4v) is 3.29. The first kappa shape index (κ1) is 15.6. The monoisotopic (exact) mass is 278 g/mol. The molecule has 0 radical (unpaired) electrons. The van der Waals surface area contributed by atoms with Crippen LogP contribution in [-0.4, -0.2) is 74.6 Å². The van der Waals surface area contributed by atoms with Crippen LogP contribution in [0.2, 0.25) is 0 Å². The summed E-state index contributed by atoms with van der Waals surface area (Å²) in [5.41, 5.74) is 2.81. The molecule has 0 aromatic rings. The third-order valence-electron chi connectivity index (χ3n) is 4.54. The van der Waals surface area contributed by atoms with Crippen molar-refractivity contribution in [3.05, 3.63) is 0 Å². The van der Waals surface area contributed by atoms with Crippen LogP contribution in [-0.2, 0) is 0 Å². The van der Waals surface area contributed by atoms with Gasteiger partial charge < -0.3 is 9.80 Å². The zero-order chi connectivity index (χ0) is 14.5. The SMILES string of the molecule is CC1CN(C)CCC1=NCCN=C1CCN(C)CC1C. The van der Waals surface area contributed by atoms with Crippen molar-refractivity contribution in [1.82, 2.24) is 9.80 Å². The van der Waals surface area contributed by atoms with E-state index in [0.717, 1.165) is 52.1 Å². The minimum atomic E-state index is 0.614. The zero-order valence-electron chi connectivity index (χ0n) is 13.6. The summed E-state index contributed by atoms with van der Waals surface area (Å²) < 4.78 is 0. The average molecular weight is 278 g/mol. The van der Waals surface area contributed by atoms with Gasteiger partial charge in [0.25, 0.3) is 0 Å². The van der Waals surface area contributed by atoms with Gasteiger partial charge in [-0.3, -0.25) is 9.98 Å². The summed E-state index contributed by atoms with van der Waals surface area (Å²) in [6, 6.07) is 0. The van der Waals surface area contributed by atoms with E-state index >= 15 is 0 Å². The fraction of sp³-hybridized carbons (Fsp3) is 0.875. The number of piperidine rings is 2. The Kier molecular flexibility index (Phi) is 5.73. The van der Waals surface area contributed by atoms with Gasteiger partial charge in [-0.2, -0.15) is 0 Å². The van der Waals surface area contributed by atoms with Crippen molar-refractivity contribution in [1.29, 1.82) is 0 Å². The van der Waals surface area contributed by atoms with Gasteiger partial charge in [0.2, 0.25) is 0 Å². The minimum Gasteiger partial charge on any atom is -0.305 e. The lowest BCUT2D eigenvalue weighted by Gasteiger charge is -2.29. The second-order valence-electron chi connectivity index (χ2n) is 6.57. The molecule has 2 aliphatic rings. The zero-order valence-corrected chi connectivity index (χ0v) is 13.6. The van der Waals surface area contributed by atoms with E-state index in [0.29, 0.717) is 11.8 Å². The van der Waals surface area contributed by atoms with Crippen LogP contribution in [0, 0.1) is 11.8 Å². The first-order valence-electron chi connectivity index (χ1n) is 7.99. The molecule has 0 saturated carbocycles. The van der Waals surface area contributed by atoms with Gasteiger partial charge in [0.05, 0.1) is 13.1 Å². The Morgan fingerprint density at radius 3 is 1.60 bits per heavy atom. The van der Waals surface area contributed by atoms with Crippen molar-refractivity contribution in [2.45, 2.75) is 26.7 Å². The molecule has 4 nitrogen and oxygen atoms in total. The summed E-state index contributed by atoms with van der Waals surface area (Å²) >= 11 is 0. The second kappa shape index (κ2) is 7.32. The molecule has 0 aliphatic carbocycles. The quantitative estimate of drug-likeness (QED) is 0.737. The average Bonchev–Trinajstić information content (AvgIpc) is 2.39. The van der Waals surface area contributed by atoms with E-state index in [1.165, 1.54) is 11.4 Å². The molecule has 4 heteroatoms. The number of likely N-dealkylation sites (tertiary alicyclic amines) is 2. The van der Waals surface area contributed by atoms with Gasteiger partial charge in [-0.05, 0) is 26.9 Å². The van der Waals surface area contributed by atoms with Gasteiger partial charge in [-0.25, -0.2) is 0 Å². The molecule has 0 N–H and O–H groups in total. The van der Waals surface area contributed by atoms with Crippen molar-refractivity contribution >= 4 is 11.4 Å². The van der Waals surface area contributed by atoms with Crippen LogP contribution in [0.5, 0.6) is 0 Å². The molecule has 2 aliphatic heterocycles. The van der Waals surface area contributed by atoms with Gasteiger partial charge in [-0.15, -0.1) is 0 Å². The van der Waals surface area contributed by atoms with E-state index in [4.69, 9.17) is 9.98 Å². The van der Waals surface area contributed by atoms with Crippen LogP contribution >= 0.6 is 0 Å². The van der Waals surface area contributed by atoms with Crippen LogP contribution in [0.25, 0.3) is 0 Å². The molecule has 0 aromatic carbocycles. The van der Waals surface area contributed by atoms with E-state index in [1.54, 1.807) is 0 Å². The normalized spacial score (nSPS) is 34.0. The molecule has 20 heavy (non-hydrogen) atoms. The molecule has 2 heterocycles. The lowest BCUT2D eigenvalue weighted by molar-refractivity contribution is 0.298. The topological polar surface area (TPSA) is 31.2 Å². The molecule has 0 aromatic heterocycles. The molecule has 2 unspecified atom stereocenters. The summed E-state index contributed by atoms with van der Waals surface area (Å²) in [5, 5.41) is 0. The van der Waals surface area contributed by atoms with Crippen molar-refractivity contribution < 1.29 is 0 Å². The Balaban J connectivity index is 1.78. The number of aliphatic imine (C=N–C) groups is 2. The van der Waals surface area contributed by atoms with Crippen LogP contribution in [0.1, 0.15) is 26.7 Å². The number of hydrogen-bond acceptors (Lipinski definition) is 4. The molecule has 114 valence electrons. The molecule has 0 amide bonds. The summed E-state index contributed by atoms with van der Waals surface area (Å²) in [5.74, 6) is 1.23. The Morgan fingerprint density at radius 1 is 0.850 bits per heavy atom. The summed E-state index contributed by atoms with van der Waals surface area (Å²) in [6.07, 6.45) is 2.27. The molecule has 2 saturated heterocycles. The molecular weight excluding hydrogens is 248 g/mol.